The highest BCUT2D eigenvalue weighted by Crippen LogP contribution is 2.00. The molecule has 0 aliphatic rings. The van der Waals surface area contributed by atoms with Crippen LogP contribution in [0.2, 0.25) is 0 Å². The van der Waals surface area contributed by atoms with Crippen molar-refractivity contribution in [3.05, 3.63) is 22.9 Å². The third kappa shape index (κ3) is 3.73. The minimum Gasteiger partial charge on any atom is -0.312 e. The van der Waals surface area contributed by atoms with Crippen LogP contribution in [-0.2, 0) is 6.54 Å². The van der Waals surface area contributed by atoms with Crippen molar-refractivity contribution in [2.45, 2.75) is 53.2 Å². The molecule has 0 spiro atoms. The minimum absolute atomic E-state index is 0.0824. The van der Waals surface area contributed by atoms with Crippen molar-refractivity contribution < 1.29 is 0 Å². The van der Waals surface area contributed by atoms with Gasteiger partial charge in [0.15, 0.2) is 0 Å². The fourth-order valence-corrected chi connectivity index (χ4v) is 1.64. The summed E-state index contributed by atoms with van der Waals surface area (Å²) in [6.07, 6.45) is 3.73. The molecule has 0 fully saturated rings. The molecule has 0 aliphatic carbocycles. The van der Waals surface area contributed by atoms with Crippen molar-refractivity contribution in [2.75, 3.05) is 6.54 Å². The summed E-state index contributed by atoms with van der Waals surface area (Å²) in [6, 6.07) is 0.712. The maximum absolute atomic E-state index is 11.9. The van der Waals surface area contributed by atoms with Crippen molar-refractivity contribution in [1.82, 2.24) is 14.5 Å². The molecule has 0 aliphatic heterocycles. The lowest BCUT2D eigenvalue weighted by Crippen LogP contribution is -2.35. The normalized spacial score (nSPS) is 13.6. The first-order chi connectivity index (χ1) is 7.93. The Balaban J connectivity index is 2.51. The van der Waals surface area contributed by atoms with Crippen molar-refractivity contribution in [3.63, 3.8) is 0 Å². The van der Waals surface area contributed by atoms with Crippen LogP contribution in [-0.4, -0.2) is 21.7 Å². The third-order valence-electron chi connectivity index (χ3n) is 3.25. The fourth-order valence-electron chi connectivity index (χ4n) is 1.64. The zero-order valence-corrected chi connectivity index (χ0v) is 11.6. The van der Waals surface area contributed by atoms with Crippen LogP contribution in [0, 0.1) is 5.92 Å². The summed E-state index contributed by atoms with van der Waals surface area (Å²) < 4.78 is 3.52. The number of imidazole rings is 1. The molecule has 1 aromatic rings. The maximum atomic E-state index is 11.9. The molecule has 4 heteroatoms. The van der Waals surface area contributed by atoms with Gasteiger partial charge in [0.25, 0.3) is 0 Å². The van der Waals surface area contributed by atoms with E-state index in [4.69, 9.17) is 0 Å². The summed E-state index contributed by atoms with van der Waals surface area (Å²) in [6.45, 7) is 12.2. The number of hydrogen-bond donors (Lipinski definition) is 1. The Morgan fingerprint density at radius 3 is 2.29 bits per heavy atom. The third-order valence-corrected chi connectivity index (χ3v) is 3.25. The predicted molar refractivity (Wildman–Crippen MR) is 71.4 cm³/mol. The topological polar surface area (TPSA) is 39.0 Å². The van der Waals surface area contributed by atoms with E-state index >= 15 is 0 Å². The van der Waals surface area contributed by atoms with E-state index in [1.165, 1.54) is 0 Å². The Hall–Kier alpha value is -1.03. The fraction of sp³-hybridized carbons (Fsp3) is 0.769. The summed E-state index contributed by atoms with van der Waals surface area (Å²) in [5.74, 6) is 0.618. The molecule has 17 heavy (non-hydrogen) atoms. The average molecular weight is 239 g/mol. The van der Waals surface area contributed by atoms with Gasteiger partial charge in [-0.3, -0.25) is 9.13 Å². The molecule has 1 N–H and O–H groups in total. The van der Waals surface area contributed by atoms with Gasteiger partial charge in [0.05, 0.1) is 0 Å². The van der Waals surface area contributed by atoms with Crippen molar-refractivity contribution in [1.29, 1.82) is 0 Å². The Labute approximate surface area is 104 Å². The summed E-state index contributed by atoms with van der Waals surface area (Å²) in [4.78, 5) is 11.9. The van der Waals surface area contributed by atoms with Gasteiger partial charge in [0, 0.05) is 37.6 Å². The Bertz CT molecular complexity index is 390. The largest absolute Gasteiger partial charge is 0.328 e. The molecule has 98 valence electrons. The van der Waals surface area contributed by atoms with Crippen LogP contribution in [0.25, 0.3) is 0 Å². The lowest BCUT2D eigenvalue weighted by Gasteiger charge is -2.17. The molecule has 4 nitrogen and oxygen atoms in total. The van der Waals surface area contributed by atoms with Crippen LogP contribution >= 0.6 is 0 Å². The van der Waals surface area contributed by atoms with Crippen LogP contribution in [0.5, 0.6) is 0 Å². The summed E-state index contributed by atoms with van der Waals surface area (Å²) in [7, 11) is 0. The quantitative estimate of drug-likeness (QED) is 0.823. The van der Waals surface area contributed by atoms with E-state index < -0.39 is 0 Å². The number of hydrogen-bond acceptors (Lipinski definition) is 2. The molecule has 0 saturated heterocycles. The summed E-state index contributed by atoms with van der Waals surface area (Å²) in [5.41, 5.74) is 0.0824. The molecule has 1 unspecified atom stereocenters. The molecule has 1 atom stereocenters. The molecule has 0 amide bonds. The molecule has 0 radical (unpaired) electrons. The zero-order valence-electron chi connectivity index (χ0n) is 11.6. The van der Waals surface area contributed by atoms with E-state index in [0.717, 1.165) is 13.1 Å². The minimum atomic E-state index is 0.0824. The molecular weight excluding hydrogens is 214 g/mol. The van der Waals surface area contributed by atoms with E-state index in [-0.39, 0.29) is 11.7 Å². The van der Waals surface area contributed by atoms with Crippen molar-refractivity contribution in [2.24, 2.45) is 5.92 Å². The molecule has 1 heterocycles. The lowest BCUT2D eigenvalue weighted by molar-refractivity contribution is 0.413. The SMILES string of the molecule is CC(C)C(C)NCCn1ccn(C(C)C)c1=O. The highest BCUT2D eigenvalue weighted by atomic mass is 16.1. The van der Waals surface area contributed by atoms with Crippen molar-refractivity contribution in [3.8, 4) is 0 Å². The van der Waals surface area contributed by atoms with Gasteiger partial charge in [0.2, 0.25) is 0 Å². The van der Waals surface area contributed by atoms with Gasteiger partial charge in [-0.2, -0.15) is 0 Å². The van der Waals surface area contributed by atoms with Crippen LogP contribution in [0.4, 0.5) is 0 Å². The first-order valence-electron chi connectivity index (χ1n) is 6.44. The predicted octanol–water partition coefficient (Wildman–Crippen LogP) is 1.86. The number of aromatic nitrogens is 2. The van der Waals surface area contributed by atoms with E-state index in [2.05, 4.69) is 26.1 Å². The van der Waals surface area contributed by atoms with Crippen LogP contribution in [0.15, 0.2) is 17.2 Å². The van der Waals surface area contributed by atoms with E-state index in [1.807, 2.05) is 26.2 Å². The van der Waals surface area contributed by atoms with Crippen LogP contribution < -0.4 is 11.0 Å². The van der Waals surface area contributed by atoms with Gasteiger partial charge in [0.1, 0.15) is 0 Å². The van der Waals surface area contributed by atoms with E-state index in [9.17, 15) is 4.79 Å². The molecule has 0 saturated carbocycles. The van der Waals surface area contributed by atoms with Crippen LogP contribution in [0.3, 0.4) is 0 Å². The standard InChI is InChI=1S/C13H25N3O/c1-10(2)12(5)14-6-7-15-8-9-16(11(3)4)13(15)17/h8-12,14H,6-7H2,1-5H3. The van der Waals surface area contributed by atoms with Crippen molar-refractivity contribution >= 4 is 0 Å². The second-order valence-corrected chi connectivity index (χ2v) is 5.26. The monoisotopic (exact) mass is 239 g/mol. The summed E-state index contributed by atoms with van der Waals surface area (Å²) in [5, 5.41) is 3.43. The van der Waals surface area contributed by atoms with Gasteiger partial charge < -0.3 is 5.32 Å². The number of nitrogens with one attached hydrogen (secondary N) is 1. The van der Waals surface area contributed by atoms with Gasteiger partial charge >= 0.3 is 5.69 Å². The average Bonchev–Trinajstić information content (AvgIpc) is 2.60. The van der Waals surface area contributed by atoms with Crippen LogP contribution in [0.1, 0.15) is 40.7 Å². The molecule has 0 bridgehead atoms. The van der Waals surface area contributed by atoms with E-state index in [1.54, 1.807) is 9.13 Å². The first kappa shape index (κ1) is 14.0. The Morgan fingerprint density at radius 1 is 1.18 bits per heavy atom. The van der Waals surface area contributed by atoms with E-state index in [0.29, 0.717) is 12.0 Å². The first-order valence-corrected chi connectivity index (χ1v) is 6.44. The van der Waals surface area contributed by atoms with Gasteiger partial charge in [-0.05, 0) is 26.7 Å². The molecular formula is C13H25N3O. The zero-order chi connectivity index (χ0) is 13.0. The van der Waals surface area contributed by atoms with Gasteiger partial charge in [-0.1, -0.05) is 13.8 Å². The number of rotatable bonds is 6. The maximum Gasteiger partial charge on any atom is 0.328 e. The van der Waals surface area contributed by atoms with Gasteiger partial charge in [-0.25, -0.2) is 4.79 Å². The molecule has 1 rings (SSSR count). The molecule has 1 aromatic heterocycles. The lowest BCUT2D eigenvalue weighted by atomic mass is 10.1. The molecule has 0 aromatic carbocycles. The second-order valence-electron chi connectivity index (χ2n) is 5.26. The second kappa shape index (κ2) is 6.05. The highest BCUT2D eigenvalue weighted by molar-refractivity contribution is 4.84. The summed E-state index contributed by atoms with van der Waals surface area (Å²) >= 11 is 0. The highest BCUT2D eigenvalue weighted by Gasteiger charge is 2.08. The smallest absolute Gasteiger partial charge is 0.312 e. The van der Waals surface area contributed by atoms with Gasteiger partial charge in [-0.15, -0.1) is 0 Å². The Kier molecular flexibility index (Phi) is 5.00. The Morgan fingerprint density at radius 2 is 1.82 bits per heavy atom. The number of nitrogens with zero attached hydrogens (tertiary/aromatic N) is 2.